The number of para-hydroxylation sites is 1. The van der Waals surface area contributed by atoms with Crippen LogP contribution in [0.25, 0.3) is 0 Å². The molecule has 1 atom stereocenters. The fraction of sp³-hybridized carbons (Fsp3) is 0.231. The number of hydrogen-bond donors (Lipinski definition) is 1. The third-order valence-corrected chi connectivity index (χ3v) is 5.60. The molecular formula is C26H26Cl2N2O3. The van der Waals surface area contributed by atoms with Gasteiger partial charge in [-0.25, -0.2) is 0 Å². The Hall–Kier alpha value is -3.02. The van der Waals surface area contributed by atoms with Crippen LogP contribution in [-0.4, -0.2) is 35.9 Å². The Morgan fingerprint density at radius 3 is 2.33 bits per heavy atom. The van der Waals surface area contributed by atoms with Crippen molar-refractivity contribution in [3.8, 4) is 5.75 Å². The van der Waals surface area contributed by atoms with Crippen molar-refractivity contribution in [3.05, 3.63) is 100 Å². The molecule has 0 saturated heterocycles. The fourth-order valence-corrected chi connectivity index (χ4v) is 3.87. The summed E-state index contributed by atoms with van der Waals surface area (Å²) in [6.07, 6.45) is 0.366. The van der Waals surface area contributed by atoms with Crippen molar-refractivity contribution in [2.75, 3.05) is 13.2 Å². The zero-order chi connectivity index (χ0) is 23.6. The molecule has 0 aliphatic rings. The summed E-state index contributed by atoms with van der Waals surface area (Å²) in [4.78, 5) is 28.0. The normalized spacial score (nSPS) is 11.5. The highest BCUT2D eigenvalue weighted by Gasteiger charge is 2.30. The fourth-order valence-electron chi connectivity index (χ4n) is 3.46. The summed E-state index contributed by atoms with van der Waals surface area (Å²) in [5.41, 5.74) is 1.76. The number of carbonyl (C=O) groups is 2. The summed E-state index contributed by atoms with van der Waals surface area (Å²) in [6, 6.07) is 23.1. The number of amides is 2. The van der Waals surface area contributed by atoms with Crippen LogP contribution >= 0.6 is 23.2 Å². The van der Waals surface area contributed by atoms with Crippen molar-refractivity contribution in [2.45, 2.75) is 25.9 Å². The molecular weight excluding hydrogens is 459 g/mol. The van der Waals surface area contributed by atoms with Crippen molar-refractivity contribution in [1.29, 1.82) is 0 Å². The zero-order valence-corrected chi connectivity index (χ0v) is 19.9. The lowest BCUT2D eigenvalue weighted by atomic mass is 10.0. The number of ether oxygens (including phenoxy) is 1. The minimum Gasteiger partial charge on any atom is -0.482 e. The molecule has 0 bridgehead atoms. The number of halogens is 2. The van der Waals surface area contributed by atoms with E-state index < -0.39 is 6.04 Å². The van der Waals surface area contributed by atoms with Gasteiger partial charge in [0, 0.05) is 24.5 Å². The minimum absolute atomic E-state index is 0.208. The van der Waals surface area contributed by atoms with Gasteiger partial charge < -0.3 is 15.0 Å². The molecule has 172 valence electrons. The molecule has 3 aromatic carbocycles. The molecule has 3 rings (SSSR count). The predicted molar refractivity (Wildman–Crippen MR) is 132 cm³/mol. The molecule has 1 unspecified atom stereocenters. The summed E-state index contributed by atoms with van der Waals surface area (Å²) >= 11 is 12.3. The lowest BCUT2D eigenvalue weighted by Crippen LogP contribution is -2.51. The van der Waals surface area contributed by atoms with E-state index >= 15 is 0 Å². The van der Waals surface area contributed by atoms with Gasteiger partial charge >= 0.3 is 0 Å². The highest BCUT2D eigenvalue weighted by atomic mass is 35.5. The smallest absolute Gasteiger partial charge is 0.261 e. The van der Waals surface area contributed by atoms with E-state index in [0.717, 1.165) is 11.1 Å². The molecule has 0 spiro atoms. The van der Waals surface area contributed by atoms with Crippen molar-refractivity contribution < 1.29 is 14.3 Å². The summed E-state index contributed by atoms with van der Waals surface area (Å²) in [5.74, 6) is -0.149. The van der Waals surface area contributed by atoms with Crippen LogP contribution in [0.3, 0.4) is 0 Å². The van der Waals surface area contributed by atoms with E-state index in [4.69, 9.17) is 27.9 Å². The second-order valence-electron chi connectivity index (χ2n) is 7.47. The Labute approximate surface area is 204 Å². The number of hydrogen-bond acceptors (Lipinski definition) is 3. The number of nitrogens with one attached hydrogen (secondary N) is 1. The molecule has 0 radical (unpaired) electrons. The van der Waals surface area contributed by atoms with Gasteiger partial charge in [-0.3, -0.25) is 9.59 Å². The molecule has 1 N–H and O–H groups in total. The molecule has 0 aliphatic carbocycles. The summed E-state index contributed by atoms with van der Waals surface area (Å²) in [5, 5.41) is 3.83. The number of rotatable bonds is 10. The second kappa shape index (κ2) is 12.3. The van der Waals surface area contributed by atoms with Gasteiger partial charge in [0.15, 0.2) is 6.61 Å². The molecule has 0 aliphatic heterocycles. The maximum absolute atomic E-state index is 13.4. The highest BCUT2D eigenvalue weighted by molar-refractivity contribution is 6.32. The maximum atomic E-state index is 13.4. The van der Waals surface area contributed by atoms with Crippen LogP contribution < -0.4 is 10.1 Å². The van der Waals surface area contributed by atoms with Crippen LogP contribution in [-0.2, 0) is 22.6 Å². The van der Waals surface area contributed by atoms with Crippen molar-refractivity contribution >= 4 is 35.0 Å². The molecule has 33 heavy (non-hydrogen) atoms. The van der Waals surface area contributed by atoms with E-state index in [9.17, 15) is 9.59 Å². The lowest BCUT2D eigenvalue weighted by Gasteiger charge is -2.31. The summed E-state index contributed by atoms with van der Waals surface area (Å²) < 4.78 is 5.70. The van der Waals surface area contributed by atoms with Crippen LogP contribution in [0.5, 0.6) is 5.75 Å². The third-order valence-electron chi connectivity index (χ3n) is 5.05. The maximum Gasteiger partial charge on any atom is 0.261 e. The quantitative estimate of drug-likeness (QED) is 0.432. The Bertz CT molecular complexity index is 1080. The highest BCUT2D eigenvalue weighted by Crippen LogP contribution is 2.24. The SMILES string of the molecule is CCNC(=O)C(Cc1ccccc1)N(Cc1cccc(Cl)c1)C(=O)COc1ccccc1Cl. The van der Waals surface area contributed by atoms with E-state index in [-0.39, 0.29) is 25.0 Å². The van der Waals surface area contributed by atoms with Gasteiger partial charge in [-0.1, -0.05) is 77.8 Å². The molecule has 0 aromatic heterocycles. The predicted octanol–water partition coefficient (Wildman–Crippen LogP) is 5.15. The van der Waals surface area contributed by atoms with Gasteiger partial charge in [-0.2, -0.15) is 0 Å². The Morgan fingerprint density at radius 2 is 1.64 bits per heavy atom. The first-order valence-electron chi connectivity index (χ1n) is 10.7. The molecule has 0 saturated carbocycles. The van der Waals surface area contributed by atoms with Gasteiger partial charge in [-0.15, -0.1) is 0 Å². The number of likely N-dealkylation sites (N-methyl/N-ethyl adjacent to an activating group) is 1. The van der Waals surface area contributed by atoms with Gasteiger partial charge in [0.2, 0.25) is 5.91 Å². The van der Waals surface area contributed by atoms with E-state index in [1.54, 1.807) is 41.3 Å². The monoisotopic (exact) mass is 484 g/mol. The van der Waals surface area contributed by atoms with Crippen LogP contribution in [0.1, 0.15) is 18.1 Å². The molecule has 5 nitrogen and oxygen atoms in total. The van der Waals surface area contributed by atoms with Gasteiger partial charge in [0.05, 0.1) is 5.02 Å². The first kappa shape index (κ1) is 24.6. The Kier molecular flexibility index (Phi) is 9.16. The first-order chi connectivity index (χ1) is 16.0. The van der Waals surface area contributed by atoms with Crippen LogP contribution in [0.2, 0.25) is 10.0 Å². The van der Waals surface area contributed by atoms with Crippen LogP contribution in [0, 0.1) is 0 Å². The summed E-state index contributed by atoms with van der Waals surface area (Å²) in [7, 11) is 0. The molecule has 0 fully saturated rings. The topological polar surface area (TPSA) is 58.6 Å². The van der Waals surface area contributed by atoms with Crippen molar-refractivity contribution in [3.63, 3.8) is 0 Å². The summed E-state index contributed by atoms with van der Waals surface area (Å²) in [6.45, 7) is 2.26. The number of nitrogens with zero attached hydrogens (tertiary/aromatic N) is 1. The molecule has 3 aromatic rings. The van der Waals surface area contributed by atoms with Gasteiger partial charge in [0.25, 0.3) is 5.91 Å². The van der Waals surface area contributed by atoms with E-state index in [1.165, 1.54) is 0 Å². The van der Waals surface area contributed by atoms with E-state index in [0.29, 0.717) is 28.8 Å². The number of benzene rings is 3. The number of carbonyl (C=O) groups excluding carboxylic acids is 2. The molecule has 0 heterocycles. The average Bonchev–Trinajstić information content (AvgIpc) is 2.81. The van der Waals surface area contributed by atoms with E-state index in [1.807, 2.05) is 49.4 Å². The third kappa shape index (κ3) is 7.24. The van der Waals surface area contributed by atoms with Crippen molar-refractivity contribution in [1.82, 2.24) is 10.2 Å². The first-order valence-corrected chi connectivity index (χ1v) is 11.5. The van der Waals surface area contributed by atoms with Gasteiger partial charge in [-0.05, 0) is 42.3 Å². The van der Waals surface area contributed by atoms with Gasteiger partial charge in [0.1, 0.15) is 11.8 Å². The standard InChI is InChI=1S/C26H26Cl2N2O3/c1-2-29-26(32)23(16-19-9-4-3-5-10-19)30(17-20-11-8-12-21(27)15-20)25(31)18-33-24-14-7-6-13-22(24)28/h3-15,23H,2,16-18H2,1H3,(H,29,32). The Balaban J connectivity index is 1.90. The zero-order valence-electron chi connectivity index (χ0n) is 18.3. The van der Waals surface area contributed by atoms with Crippen molar-refractivity contribution in [2.24, 2.45) is 0 Å². The molecule has 2 amide bonds. The molecule has 7 heteroatoms. The average molecular weight is 485 g/mol. The minimum atomic E-state index is -0.728. The van der Waals surface area contributed by atoms with Crippen LogP contribution in [0.4, 0.5) is 0 Å². The second-order valence-corrected chi connectivity index (χ2v) is 8.31. The lowest BCUT2D eigenvalue weighted by molar-refractivity contribution is -0.142. The largest absolute Gasteiger partial charge is 0.482 e. The Morgan fingerprint density at radius 1 is 0.939 bits per heavy atom. The van der Waals surface area contributed by atoms with E-state index in [2.05, 4.69) is 5.32 Å². The van der Waals surface area contributed by atoms with Crippen LogP contribution in [0.15, 0.2) is 78.9 Å².